The summed E-state index contributed by atoms with van der Waals surface area (Å²) in [6, 6.07) is 7.51. The zero-order valence-electron chi connectivity index (χ0n) is 12.0. The fourth-order valence-electron chi connectivity index (χ4n) is 2.51. The van der Waals surface area contributed by atoms with E-state index in [-0.39, 0.29) is 5.82 Å². The van der Waals surface area contributed by atoms with Crippen LogP contribution < -0.4 is 4.90 Å². The predicted molar refractivity (Wildman–Crippen MR) is 79.0 cm³/mol. The molecule has 0 unspecified atom stereocenters. The minimum Gasteiger partial charge on any atom is -0.340 e. The quantitative estimate of drug-likeness (QED) is 0.830. The number of hydrogen-bond donors (Lipinski definition) is 0. The Morgan fingerprint density at radius 2 is 2.14 bits per heavy atom. The number of carbonyl (C=O) groups excluding carboxylic acids is 1. The number of sulfone groups is 1. The molecule has 0 bridgehead atoms. The molecule has 0 saturated heterocycles. The van der Waals surface area contributed by atoms with Crippen molar-refractivity contribution in [2.75, 3.05) is 17.2 Å². The van der Waals surface area contributed by atoms with Gasteiger partial charge in [-0.2, -0.15) is 4.98 Å². The molecule has 2 heterocycles. The highest BCUT2D eigenvalue weighted by molar-refractivity contribution is 7.91. The van der Waals surface area contributed by atoms with Crippen LogP contribution in [0, 0.1) is 6.92 Å². The van der Waals surface area contributed by atoms with Crippen LogP contribution in [0.3, 0.4) is 0 Å². The first-order chi connectivity index (χ1) is 10.4. The highest BCUT2D eigenvalue weighted by Crippen LogP contribution is 2.27. The number of para-hydroxylation sites is 1. The van der Waals surface area contributed by atoms with Gasteiger partial charge in [0.15, 0.2) is 15.7 Å². The molecule has 7 nitrogen and oxygen atoms in total. The SMILES string of the molecule is Cc1nc(CS(=O)(=O)CC(=O)N2CCc3ccccc32)no1. The minimum atomic E-state index is -3.64. The van der Waals surface area contributed by atoms with E-state index in [1.165, 1.54) is 4.90 Å². The van der Waals surface area contributed by atoms with E-state index < -0.39 is 27.3 Å². The molecule has 1 aromatic heterocycles. The van der Waals surface area contributed by atoms with E-state index in [1.54, 1.807) is 6.92 Å². The number of carbonyl (C=O) groups is 1. The largest absolute Gasteiger partial charge is 0.340 e. The van der Waals surface area contributed by atoms with Gasteiger partial charge in [0, 0.05) is 19.2 Å². The van der Waals surface area contributed by atoms with Crippen molar-refractivity contribution < 1.29 is 17.7 Å². The van der Waals surface area contributed by atoms with Crippen LogP contribution in [-0.4, -0.2) is 36.8 Å². The molecule has 0 atom stereocenters. The van der Waals surface area contributed by atoms with E-state index in [9.17, 15) is 13.2 Å². The Bertz CT molecular complexity index is 813. The highest BCUT2D eigenvalue weighted by atomic mass is 32.2. The molecule has 0 radical (unpaired) electrons. The number of hydrogen-bond acceptors (Lipinski definition) is 6. The summed E-state index contributed by atoms with van der Waals surface area (Å²) in [7, 11) is -3.64. The lowest BCUT2D eigenvalue weighted by Crippen LogP contribution is -2.34. The van der Waals surface area contributed by atoms with Crippen LogP contribution in [0.1, 0.15) is 17.3 Å². The smallest absolute Gasteiger partial charge is 0.242 e. The van der Waals surface area contributed by atoms with Gasteiger partial charge in [0.2, 0.25) is 11.8 Å². The fourth-order valence-corrected chi connectivity index (χ4v) is 3.66. The van der Waals surface area contributed by atoms with E-state index in [4.69, 9.17) is 4.52 Å². The Labute approximate surface area is 127 Å². The summed E-state index contributed by atoms with van der Waals surface area (Å²) in [4.78, 5) is 17.7. The predicted octanol–water partition coefficient (Wildman–Crippen LogP) is 0.882. The number of anilines is 1. The lowest BCUT2D eigenvalue weighted by atomic mass is 10.2. The number of fused-ring (bicyclic) bond motifs is 1. The van der Waals surface area contributed by atoms with Gasteiger partial charge < -0.3 is 9.42 Å². The van der Waals surface area contributed by atoms with Crippen molar-refractivity contribution in [3.8, 4) is 0 Å². The summed E-state index contributed by atoms with van der Waals surface area (Å²) in [5.74, 6) is -1.01. The van der Waals surface area contributed by atoms with Gasteiger partial charge in [0.1, 0.15) is 11.5 Å². The summed E-state index contributed by atoms with van der Waals surface area (Å²) in [5.41, 5.74) is 1.85. The van der Waals surface area contributed by atoms with Gasteiger partial charge in [-0.1, -0.05) is 23.4 Å². The third-order valence-electron chi connectivity index (χ3n) is 3.45. The molecule has 0 N–H and O–H groups in total. The van der Waals surface area contributed by atoms with Gasteiger partial charge in [-0.15, -0.1) is 0 Å². The van der Waals surface area contributed by atoms with Crippen molar-refractivity contribution in [1.82, 2.24) is 10.1 Å². The summed E-state index contributed by atoms with van der Waals surface area (Å²) in [5, 5.41) is 3.55. The monoisotopic (exact) mass is 321 g/mol. The average molecular weight is 321 g/mol. The second kappa shape index (κ2) is 5.53. The average Bonchev–Trinajstić information content (AvgIpc) is 3.03. The zero-order chi connectivity index (χ0) is 15.7. The van der Waals surface area contributed by atoms with Gasteiger partial charge in [-0.3, -0.25) is 4.79 Å². The van der Waals surface area contributed by atoms with E-state index in [0.717, 1.165) is 17.7 Å². The zero-order valence-corrected chi connectivity index (χ0v) is 12.8. The van der Waals surface area contributed by atoms with Crippen molar-refractivity contribution in [3.63, 3.8) is 0 Å². The fraction of sp³-hybridized carbons (Fsp3) is 0.357. The Morgan fingerprint density at radius 3 is 2.86 bits per heavy atom. The van der Waals surface area contributed by atoms with Gasteiger partial charge in [0.25, 0.3) is 0 Å². The second-order valence-electron chi connectivity index (χ2n) is 5.19. The number of amides is 1. The third-order valence-corrected chi connectivity index (χ3v) is 4.84. The lowest BCUT2D eigenvalue weighted by molar-refractivity contribution is -0.116. The first-order valence-electron chi connectivity index (χ1n) is 6.82. The maximum Gasteiger partial charge on any atom is 0.242 e. The maximum atomic E-state index is 12.3. The molecule has 1 aromatic carbocycles. The van der Waals surface area contributed by atoms with Crippen molar-refractivity contribution in [3.05, 3.63) is 41.5 Å². The van der Waals surface area contributed by atoms with Gasteiger partial charge >= 0.3 is 0 Å². The topological polar surface area (TPSA) is 93.4 Å². The van der Waals surface area contributed by atoms with E-state index in [2.05, 4.69) is 10.1 Å². The van der Waals surface area contributed by atoms with Gasteiger partial charge in [0.05, 0.1) is 0 Å². The molecule has 1 aliphatic rings. The van der Waals surface area contributed by atoms with Crippen LogP contribution in [0.15, 0.2) is 28.8 Å². The van der Waals surface area contributed by atoms with E-state index in [1.807, 2.05) is 24.3 Å². The lowest BCUT2D eigenvalue weighted by Gasteiger charge is -2.17. The summed E-state index contributed by atoms with van der Waals surface area (Å²) in [6.45, 7) is 2.09. The molecular formula is C14H15N3O4S. The van der Waals surface area contributed by atoms with Crippen LogP contribution in [-0.2, 0) is 26.8 Å². The van der Waals surface area contributed by atoms with Crippen LogP contribution in [0.5, 0.6) is 0 Å². The normalized spacial score (nSPS) is 14.1. The molecule has 1 aliphatic heterocycles. The number of aryl methyl sites for hydroxylation is 1. The van der Waals surface area contributed by atoms with Crippen LogP contribution >= 0.6 is 0 Å². The van der Waals surface area contributed by atoms with Crippen LogP contribution in [0.4, 0.5) is 5.69 Å². The molecule has 22 heavy (non-hydrogen) atoms. The molecular weight excluding hydrogens is 306 g/mol. The first-order valence-corrected chi connectivity index (χ1v) is 8.65. The van der Waals surface area contributed by atoms with Gasteiger partial charge in [-0.05, 0) is 18.1 Å². The molecule has 8 heteroatoms. The molecule has 0 spiro atoms. The molecule has 0 aliphatic carbocycles. The van der Waals surface area contributed by atoms with Crippen molar-refractivity contribution in [2.45, 2.75) is 19.1 Å². The van der Waals surface area contributed by atoms with Crippen LogP contribution in [0.25, 0.3) is 0 Å². The Balaban J connectivity index is 1.72. The maximum absolute atomic E-state index is 12.3. The first kappa shape index (κ1) is 14.7. The molecule has 0 saturated carbocycles. The van der Waals surface area contributed by atoms with E-state index >= 15 is 0 Å². The summed E-state index contributed by atoms with van der Waals surface area (Å²) in [6.07, 6.45) is 0.742. The number of benzene rings is 1. The molecule has 116 valence electrons. The molecule has 1 amide bonds. The summed E-state index contributed by atoms with van der Waals surface area (Å²) < 4.78 is 29.0. The Kier molecular flexibility index (Phi) is 3.69. The third kappa shape index (κ3) is 3.01. The Hall–Kier alpha value is -2.22. The number of nitrogens with zero attached hydrogens (tertiary/aromatic N) is 3. The molecule has 2 aromatic rings. The molecule has 3 rings (SSSR count). The van der Waals surface area contributed by atoms with Crippen LogP contribution in [0.2, 0.25) is 0 Å². The van der Waals surface area contributed by atoms with Crippen molar-refractivity contribution in [1.29, 1.82) is 0 Å². The van der Waals surface area contributed by atoms with Crippen molar-refractivity contribution >= 4 is 21.4 Å². The number of rotatable bonds is 4. The van der Waals surface area contributed by atoms with Crippen molar-refractivity contribution in [2.24, 2.45) is 0 Å². The summed E-state index contributed by atoms with van der Waals surface area (Å²) >= 11 is 0. The highest BCUT2D eigenvalue weighted by Gasteiger charge is 2.28. The minimum absolute atomic E-state index is 0.0760. The Morgan fingerprint density at radius 1 is 1.36 bits per heavy atom. The standard InChI is InChI=1S/C14H15N3O4S/c1-10-15-13(16-21-10)8-22(19,20)9-14(18)17-7-6-11-4-2-3-5-12(11)17/h2-5H,6-9H2,1H3. The van der Waals surface area contributed by atoms with Gasteiger partial charge in [-0.25, -0.2) is 8.42 Å². The second-order valence-corrected chi connectivity index (χ2v) is 7.25. The molecule has 0 fully saturated rings. The number of aromatic nitrogens is 2. The van der Waals surface area contributed by atoms with E-state index in [0.29, 0.717) is 12.4 Å².